The number of hydrogen-bond acceptors (Lipinski definition) is 2. The average Bonchev–Trinajstić information content (AvgIpc) is 2.37. The average molecular weight is 158 g/mol. The van der Waals surface area contributed by atoms with Gasteiger partial charge < -0.3 is 15.0 Å². The van der Waals surface area contributed by atoms with E-state index in [-0.39, 0.29) is 6.03 Å². The van der Waals surface area contributed by atoms with Crippen molar-refractivity contribution in [3.05, 3.63) is 0 Å². The van der Waals surface area contributed by atoms with Crippen molar-refractivity contribution >= 4 is 6.03 Å². The number of amides is 2. The van der Waals surface area contributed by atoms with E-state index in [2.05, 4.69) is 5.32 Å². The Balaban J connectivity index is 2.10. The van der Waals surface area contributed by atoms with Crippen LogP contribution in [-0.2, 0) is 4.74 Å². The van der Waals surface area contributed by atoms with Gasteiger partial charge in [-0.2, -0.15) is 0 Å². The molecule has 0 unspecified atom stereocenters. The van der Waals surface area contributed by atoms with Gasteiger partial charge in [-0.05, 0) is 6.92 Å². The minimum Gasteiger partial charge on any atom is -0.380 e. The SMILES string of the molecule is CCOCCN1CCNC1=O. The zero-order valence-corrected chi connectivity index (χ0v) is 6.80. The zero-order chi connectivity index (χ0) is 8.10. The van der Waals surface area contributed by atoms with Gasteiger partial charge in [0, 0.05) is 26.2 Å². The fourth-order valence-electron chi connectivity index (χ4n) is 1.04. The van der Waals surface area contributed by atoms with E-state index in [0.29, 0.717) is 13.2 Å². The maximum Gasteiger partial charge on any atom is 0.317 e. The van der Waals surface area contributed by atoms with Crippen LogP contribution in [0.4, 0.5) is 4.79 Å². The smallest absolute Gasteiger partial charge is 0.317 e. The number of carbonyl (C=O) groups excluding carboxylic acids is 1. The monoisotopic (exact) mass is 158 g/mol. The van der Waals surface area contributed by atoms with E-state index in [9.17, 15) is 4.79 Å². The second-order valence-corrected chi connectivity index (χ2v) is 2.42. The van der Waals surface area contributed by atoms with E-state index in [4.69, 9.17) is 4.74 Å². The van der Waals surface area contributed by atoms with E-state index in [1.165, 1.54) is 0 Å². The molecule has 1 saturated heterocycles. The largest absolute Gasteiger partial charge is 0.380 e. The zero-order valence-electron chi connectivity index (χ0n) is 6.80. The summed E-state index contributed by atoms with van der Waals surface area (Å²) in [4.78, 5) is 12.7. The minimum atomic E-state index is 0.0321. The molecule has 0 aromatic carbocycles. The molecule has 0 spiro atoms. The van der Waals surface area contributed by atoms with E-state index < -0.39 is 0 Å². The molecule has 4 nitrogen and oxygen atoms in total. The Morgan fingerprint density at radius 3 is 3.09 bits per heavy atom. The molecule has 0 atom stereocenters. The van der Waals surface area contributed by atoms with Crippen LogP contribution >= 0.6 is 0 Å². The van der Waals surface area contributed by atoms with Gasteiger partial charge in [0.05, 0.1) is 6.61 Å². The molecule has 1 fully saturated rings. The molecule has 1 rings (SSSR count). The Morgan fingerprint density at radius 1 is 1.73 bits per heavy atom. The molecule has 0 radical (unpaired) electrons. The number of rotatable bonds is 4. The van der Waals surface area contributed by atoms with Crippen LogP contribution in [0.15, 0.2) is 0 Å². The number of ether oxygens (including phenoxy) is 1. The van der Waals surface area contributed by atoms with Crippen molar-refractivity contribution in [1.29, 1.82) is 0 Å². The first-order valence-corrected chi connectivity index (χ1v) is 3.95. The highest BCUT2D eigenvalue weighted by molar-refractivity contribution is 5.76. The van der Waals surface area contributed by atoms with Crippen molar-refractivity contribution < 1.29 is 9.53 Å². The van der Waals surface area contributed by atoms with Crippen LogP contribution in [0.1, 0.15) is 6.92 Å². The van der Waals surface area contributed by atoms with Crippen molar-refractivity contribution in [2.45, 2.75) is 6.92 Å². The molecule has 0 aliphatic carbocycles. The summed E-state index contributed by atoms with van der Waals surface area (Å²) in [6.45, 7) is 5.60. The summed E-state index contributed by atoms with van der Waals surface area (Å²) in [5, 5.41) is 2.73. The van der Waals surface area contributed by atoms with Gasteiger partial charge >= 0.3 is 6.03 Å². The van der Waals surface area contributed by atoms with Crippen LogP contribution in [0.25, 0.3) is 0 Å². The quantitative estimate of drug-likeness (QED) is 0.587. The summed E-state index contributed by atoms with van der Waals surface area (Å²) in [7, 11) is 0. The van der Waals surface area contributed by atoms with Gasteiger partial charge in [-0.3, -0.25) is 0 Å². The highest BCUT2D eigenvalue weighted by Crippen LogP contribution is 1.95. The number of carbonyl (C=O) groups is 1. The topological polar surface area (TPSA) is 41.6 Å². The van der Waals surface area contributed by atoms with Crippen LogP contribution < -0.4 is 5.32 Å². The summed E-state index contributed by atoms with van der Waals surface area (Å²) in [6, 6.07) is 0.0321. The van der Waals surface area contributed by atoms with Gasteiger partial charge in [0.15, 0.2) is 0 Å². The van der Waals surface area contributed by atoms with Crippen LogP contribution in [0.5, 0.6) is 0 Å². The fraction of sp³-hybridized carbons (Fsp3) is 0.857. The molecular weight excluding hydrogens is 144 g/mol. The van der Waals surface area contributed by atoms with Crippen molar-refractivity contribution in [3.8, 4) is 0 Å². The third-order valence-electron chi connectivity index (χ3n) is 1.65. The molecule has 0 aromatic rings. The lowest BCUT2D eigenvalue weighted by atomic mass is 10.5. The van der Waals surface area contributed by atoms with Gasteiger partial charge in [-0.25, -0.2) is 4.79 Å². The lowest BCUT2D eigenvalue weighted by Gasteiger charge is -2.12. The maximum atomic E-state index is 10.9. The van der Waals surface area contributed by atoms with Crippen LogP contribution in [0, 0.1) is 0 Å². The molecule has 2 amide bonds. The van der Waals surface area contributed by atoms with Crippen molar-refractivity contribution in [2.75, 3.05) is 32.8 Å². The molecule has 1 aliphatic rings. The molecule has 1 N–H and O–H groups in total. The molecule has 64 valence electrons. The Hall–Kier alpha value is -0.770. The fourth-order valence-corrected chi connectivity index (χ4v) is 1.04. The van der Waals surface area contributed by atoms with Gasteiger partial charge in [0.1, 0.15) is 0 Å². The first kappa shape index (κ1) is 8.33. The van der Waals surface area contributed by atoms with Gasteiger partial charge in [0.2, 0.25) is 0 Å². The van der Waals surface area contributed by atoms with Gasteiger partial charge in [-0.15, -0.1) is 0 Å². The molecule has 11 heavy (non-hydrogen) atoms. The molecule has 0 aromatic heterocycles. The molecular formula is C7H14N2O2. The Morgan fingerprint density at radius 2 is 2.55 bits per heavy atom. The summed E-state index contributed by atoms with van der Waals surface area (Å²) in [6.07, 6.45) is 0. The number of nitrogens with zero attached hydrogens (tertiary/aromatic N) is 1. The summed E-state index contributed by atoms with van der Waals surface area (Å²) in [5.41, 5.74) is 0. The number of urea groups is 1. The normalized spacial score (nSPS) is 17.2. The highest BCUT2D eigenvalue weighted by Gasteiger charge is 2.17. The van der Waals surface area contributed by atoms with E-state index >= 15 is 0 Å². The van der Waals surface area contributed by atoms with E-state index in [1.807, 2.05) is 6.92 Å². The van der Waals surface area contributed by atoms with Crippen LogP contribution in [-0.4, -0.2) is 43.8 Å². The first-order valence-electron chi connectivity index (χ1n) is 3.95. The molecule has 4 heteroatoms. The number of hydrogen-bond donors (Lipinski definition) is 1. The third kappa shape index (κ3) is 2.38. The van der Waals surface area contributed by atoms with Gasteiger partial charge in [-0.1, -0.05) is 0 Å². The van der Waals surface area contributed by atoms with Crippen LogP contribution in [0.3, 0.4) is 0 Å². The van der Waals surface area contributed by atoms with Crippen molar-refractivity contribution in [2.24, 2.45) is 0 Å². The minimum absolute atomic E-state index is 0.0321. The second-order valence-electron chi connectivity index (χ2n) is 2.42. The lowest BCUT2D eigenvalue weighted by molar-refractivity contribution is 0.126. The summed E-state index contributed by atoms with van der Waals surface area (Å²) < 4.78 is 5.12. The predicted molar refractivity (Wildman–Crippen MR) is 41.5 cm³/mol. The lowest BCUT2D eigenvalue weighted by Crippen LogP contribution is -2.31. The Bertz CT molecular complexity index is 138. The second kappa shape index (κ2) is 4.18. The summed E-state index contributed by atoms with van der Waals surface area (Å²) in [5.74, 6) is 0. The molecule has 1 aliphatic heterocycles. The Labute approximate surface area is 66.5 Å². The molecule has 1 heterocycles. The summed E-state index contributed by atoms with van der Waals surface area (Å²) >= 11 is 0. The predicted octanol–water partition coefficient (Wildman–Crippen LogP) is 0.0481. The van der Waals surface area contributed by atoms with E-state index in [0.717, 1.165) is 19.7 Å². The molecule has 0 bridgehead atoms. The van der Waals surface area contributed by atoms with Crippen LogP contribution in [0.2, 0.25) is 0 Å². The van der Waals surface area contributed by atoms with E-state index in [1.54, 1.807) is 4.90 Å². The number of nitrogens with one attached hydrogen (secondary N) is 1. The Kier molecular flexibility index (Phi) is 3.16. The molecule has 0 saturated carbocycles. The van der Waals surface area contributed by atoms with Crippen molar-refractivity contribution in [1.82, 2.24) is 10.2 Å². The maximum absolute atomic E-state index is 10.9. The highest BCUT2D eigenvalue weighted by atomic mass is 16.5. The van der Waals surface area contributed by atoms with Gasteiger partial charge in [0.25, 0.3) is 0 Å². The van der Waals surface area contributed by atoms with Crippen molar-refractivity contribution in [3.63, 3.8) is 0 Å². The third-order valence-corrected chi connectivity index (χ3v) is 1.65. The first-order chi connectivity index (χ1) is 5.34. The standard InChI is InChI=1S/C7H14N2O2/c1-2-11-6-5-9-4-3-8-7(9)10/h2-6H2,1H3,(H,8,10).